The number of thioether (sulfide) groups is 1. The lowest BCUT2D eigenvalue weighted by Crippen LogP contribution is -2.06. The van der Waals surface area contributed by atoms with Crippen molar-refractivity contribution in [2.24, 2.45) is 5.92 Å². The van der Waals surface area contributed by atoms with Gasteiger partial charge in [-0.25, -0.2) is 4.39 Å². The molecule has 0 radical (unpaired) electrons. The van der Waals surface area contributed by atoms with Crippen molar-refractivity contribution in [3.05, 3.63) is 59.9 Å². The van der Waals surface area contributed by atoms with E-state index in [1.165, 1.54) is 12.1 Å². The molecule has 0 heterocycles. The van der Waals surface area contributed by atoms with Gasteiger partial charge in [0.25, 0.3) is 0 Å². The summed E-state index contributed by atoms with van der Waals surface area (Å²) in [5, 5.41) is 0. The van der Waals surface area contributed by atoms with Gasteiger partial charge in [0, 0.05) is 28.2 Å². The number of benzene rings is 2. The summed E-state index contributed by atoms with van der Waals surface area (Å²) in [5.41, 5.74) is 0.746. The summed E-state index contributed by atoms with van der Waals surface area (Å²) in [6.07, 6.45) is 0. The second-order valence-corrected chi connectivity index (χ2v) is 6.37. The largest absolute Gasteiger partial charge is 0.493 e. The predicted molar refractivity (Wildman–Crippen MR) is 88.2 cm³/mol. The molecule has 0 atom stereocenters. The average molecular weight is 318 g/mol. The molecule has 0 amide bonds. The number of rotatable bonds is 7. The van der Waals surface area contributed by atoms with Crippen LogP contribution in [0.4, 0.5) is 4.39 Å². The van der Waals surface area contributed by atoms with Crippen LogP contribution in [0.5, 0.6) is 5.75 Å². The van der Waals surface area contributed by atoms with Crippen molar-refractivity contribution in [3.8, 4) is 5.75 Å². The Balaban J connectivity index is 1.79. The molecular formula is C18H19FO2S. The van der Waals surface area contributed by atoms with Crippen LogP contribution in [0.25, 0.3) is 0 Å². The molecule has 2 aromatic rings. The van der Waals surface area contributed by atoms with Crippen LogP contribution in [0, 0.1) is 11.7 Å². The number of hydrogen-bond donors (Lipinski definition) is 0. The minimum atomic E-state index is -0.296. The second kappa shape index (κ2) is 7.99. The van der Waals surface area contributed by atoms with Crippen LogP contribution in [0.2, 0.25) is 0 Å². The standard InChI is InChI=1S/C18H19FO2S/c1-13(2)18(20)14-6-8-17(9-7-14)22-11-10-21-16-5-3-4-15(19)12-16/h3-9,12-13H,10-11H2,1-2H3. The number of hydrogen-bond acceptors (Lipinski definition) is 3. The number of carbonyl (C=O) groups excluding carboxylic acids is 1. The Kier molecular flexibility index (Phi) is 6.01. The van der Waals surface area contributed by atoms with E-state index >= 15 is 0 Å². The topological polar surface area (TPSA) is 26.3 Å². The molecule has 2 aromatic carbocycles. The van der Waals surface area contributed by atoms with Gasteiger partial charge in [0.2, 0.25) is 0 Å². The molecule has 0 saturated carbocycles. The fourth-order valence-corrected chi connectivity index (χ4v) is 2.66. The molecule has 0 saturated heterocycles. The first-order chi connectivity index (χ1) is 10.6. The van der Waals surface area contributed by atoms with Crippen LogP contribution in [0.3, 0.4) is 0 Å². The number of Topliss-reactive ketones (excluding diaryl/α,β-unsaturated/α-hetero) is 1. The van der Waals surface area contributed by atoms with Crippen molar-refractivity contribution in [1.82, 2.24) is 0 Å². The number of halogens is 1. The van der Waals surface area contributed by atoms with Gasteiger partial charge in [0.1, 0.15) is 11.6 Å². The van der Waals surface area contributed by atoms with E-state index in [1.54, 1.807) is 23.9 Å². The zero-order valence-corrected chi connectivity index (χ0v) is 13.5. The quantitative estimate of drug-likeness (QED) is 0.415. The van der Waals surface area contributed by atoms with E-state index < -0.39 is 0 Å². The molecule has 22 heavy (non-hydrogen) atoms. The number of ketones is 1. The van der Waals surface area contributed by atoms with Crippen molar-refractivity contribution >= 4 is 17.5 Å². The van der Waals surface area contributed by atoms with E-state index in [9.17, 15) is 9.18 Å². The highest BCUT2D eigenvalue weighted by Crippen LogP contribution is 2.20. The van der Waals surface area contributed by atoms with E-state index in [2.05, 4.69) is 0 Å². The van der Waals surface area contributed by atoms with Crippen LogP contribution >= 0.6 is 11.8 Å². The summed E-state index contributed by atoms with van der Waals surface area (Å²) in [6.45, 7) is 4.30. The lowest BCUT2D eigenvalue weighted by Gasteiger charge is -2.07. The highest BCUT2D eigenvalue weighted by Gasteiger charge is 2.09. The molecule has 2 nitrogen and oxygen atoms in total. The summed E-state index contributed by atoms with van der Waals surface area (Å²) < 4.78 is 18.5. The third kappa shape index (κ3) is 4.88. The molecule has 0 spiro atoms. The Morgan fingerprint density at radius 1 is 1.18 bits per heavy atom. The lowest BCUT2D eigenvalue weighted by molar-refractivity contribution is 0.0939. The second-order valence-electron chi connectivity index (χ2n) is 5.20. The fourth-order valence-electron chi connectivity index (χ4n) is 1.92. The van der Waals surface area contributed by atoms with Gasteiger partial charge in [-0.3, -0.25) is 4.79 Å². The summed E-state index contributed by atoms with van der Waals surface area (Å²) in [7, 11) is 0. The van der Waals surface area contributed by atoms with Gasteiger partial charge in [-0.2, -0.15) is 0 Å². The SMILES string of the molecule is CC(C)C(=O)c1ccc(SCCOc2cccc(F)c2)cc1. The molecule has 0 unspecified atom stereocenters. The molecule has 4 heteroatoms. The Labute approximate surface area is 134 Å². The average Bonchev–Trinajstić information content (AvgIpc) is 2.51. The van der Waals surface area contributed by atoms with Crippen LogP contribution < -0.4 is 4.74 Å². The van der Waals surface area contributed by atoms with Crippen LogP contribution in [0.15, 0.2) is 53.4 Å². The van der Waals surface area contributed by atoms with Gasteiger partial charge in [0.15, 0.2) is 5.78 Å². The third-order valence-corrected chi connectivity index (χ3v) is 4.06. The zero-order valence-electron chi connectivity index (χ0n) is 12.7. The monoisotopic (exact) mass is 318 g/mol. The molecule has 0 N–H and O–H groups in total. The van der Waals surface area contributed by atoms with Crippen molar-refractivity contribution in [3.63, 3.8) is 0 Å². The van der Waals surface area contributed by atoms with Crippen molar-refractivity contribution < 1.29 is 13.9 Å². The van der Waals surface area contributed by atoms with Gasteiger partial charge in [-0.15, -0.1) is 11.8 Å². The van der Waals surface area contributed by atoms with Gasteiger partial charge < -0.3 is 4.74 Å². The molecule has 0 aliphatic carbocycles. The first kappa shape index (κ1) is 16.6. The number of carbonyl (C=O) groups is 1. The molecule has 0 fully saturated rings. The maximum absolute atomic E-state index is 13.0. The first-order valence-electron chi connectivity index (χ1n) is 7.21. The Morgan fingerprint density at radius 2 is 1.91 bits per heavy atom. The highest BCUT2D eigenvalue weighted by atomic mass is 32.2. The molecule has 116 valence electrons. The van der Waals surface area contributed by atoms with E-state index in [4.69, 9.17) is 4.74 Å². The Bertz CT molecular complexity index is 623. The van der Waals surface area contributed by atoms with E-state index in [0.29, 0.717) is 12.4 Å². The molecule has 0 aliphatic rings. The highest BCUT2D eigenvalue weighted by molar-refractivity contribution is 7.99. The zero-order chi connectivity index (χ0) is 15.9. The van der Waals surface area contributed by atoms with Crippen LogP contribution in [0.1, 0.15) is 24.2 Å². The Morgan fingerprint density at radius 3 is 2.55 bits per heavy atom. The van der Waals surface area contributed by atoms with E-state index in [0.717, 1.165) is 16.2 Å². The lowest BCUT2D eigenvalue weighted by atomic mass is 10.0. The summed E-state index contributed by atoms with van der Waals surface area (Å²) in [5.74, 6) is 1.17. The van der Waals surface area contributed by atoms with E-state index in [-0.39, 0.29) is 17.5 Å². The third-order valence-electron chi connectivity index (χ3n) is 3.08. The van der Waals surface area contributed by atoms with Crippen molar-refractivity contribution in [2.75, 3.05) is 12.4 Å². The molecular weight excluding hydrogens is 299 g/mol. The predicted octanol–water partition coefficient (Wildman–Crippen LogP) is 4.84. The maximum atomic E-state index is 13.0. The summed E-state index contributed by atoms with van der Waals surface area (Å²) in [4.78, 5) is 12.9. The van der Waals surface area contributed by atoms with Gasteiger partial charge in [0.05, 0.1) is 6.61 Å². The van der Waals surface area contributed by atoms with Crippen LogP contribution in [-0.2, 0) is 0 Å². The maximum Gasteiger partial charge on any atom is 0.165 e. The van der Waals surface area contributed by atoms with E-state index in [1.807, 2.05) is 38.1 Å². The minimum Gasteiger partial charge on any atom is -0.493 e. The van der Waals surface area contributed by atoms with Gasteiger partial charge in [-0.05, 0) is 24.3 Å². The normalized spacial score (nSPS) is 10.7. The molecule has 0 aliphatic heterocycles. The molecule has 0 aromatic heterocycles. The van der Waals surface area contributed by atoms with Crippen LogP contribution in [-0.4, -0.2) is 18.1 Å². The van der Waals surface area contributed by atoms with Crippen molar-refractivity contribution in [1.29, 1.82) is 0 Å². The first-order valence-corrected chi connectivity index (χ1v) is 8.20. The Hall–Kier alpha value is -1.81. The fraction of sp³-hybridized carbons (Fsp3) is 0.278. The molecule has 0 bridgehead atoms. The smallest absolute Gasteiger partial charge is 0.165 e. The minimum absolute atomic E-state index is 0.0122. The molecule has 2 rings (SSSR count). The van der Waals surface area contributed by atoms with Gasteiger partial charge in [-0.1, -0.05) is 32.0 Å². The van der Waals surface area contributed by atoms with Gasteiger partial charge >= 0.3 is 0 Å². The number of ether oxygens (including phenoxy) is 1. The summed E-state index contributed by atoms with van der Waals surface area (Å²) in [6, 6.07) is 13.7. The summed E-state index contributed by atoms with van der Waals surface area (Å²) >= 11 is 1.64. The van der Waals surface area contributed by atoms with Crippen molar-refractivity contribution in [2.45, 2.75) is 18.7 Å².